The Kier molecular flexibility index (Phi) is 2.87. The van der Waals surface area contributed by atoms with Gasteiger partial charge >= 0.3 is 0 Å². The van der Waals surface area contributed by atoms with Gasteiger partial charge in [0.15, 0.2) is 0 Å². The molecule has 2 fully saturated rings. The van der Waals surface area contributed by atoms with Crippen molar-refractivity contribution in [3.05, 3.63) is 23.8 Å². The van der Waals surface area contributed by atoms with Crippen molar-refractivity contribution in [2.45, 2.75) is 25.7 Å². The zero-order chi connectivity index (χ0) is 12.5. The van der Waals surface area contributed by atoms with Gasteiger partial charge in [0.25, 0.3) is 0 Å². The predicted molar refractivity (Wildman–Crippen MR) is 70.0 cm³/mol. The summed E-state index contributed by atoms with van der Waals surface area (Å²) in [6.45, 7) is 0.775. The molecule has 94 valence electrons. The number of rotatable bonds is 3. The van der Waals surface area contributed by atoms with Gasteiger partial charge in [-0.25, -0.2) is 0 Å². The highest BCUT2D eigenvalue weighted by atomic mass is 16.5. The molecule has 1 aromatic carbocycles. The van der Waals surface area contributed by atoms with Crippen LogP contribution in [0.15, 0.2) is 18.2 Å². The standard InChI is InChI=1S/C15H18N2O/c16-8-11-2-4-15(14(17)7-11)18-9-13-6-10-1-3-12(13)5-10/h2,4,7,10,12-13H,1,3,5-6,9,17H2. The van der Waals surface area contributed by atoms with Crippen molar-refractivity contribution >= 4 is 5.69 Å². The quantitative estimate of drug-likeness (QED) is 0.829. The van der Waals surface area contributed by atoms with E-state index in [0.29, 0.717) is 17.2 Å². The van der Waals surface area contributed by atoms with Gasteiger partial charge in [0.1, 0.15) is 5.75 Å². The van der Waals surface area contributed by atoms with Crippen LogP contribution in [0.1, 0.15) is 31.2 Å². The zero-order valence-electron chi connectivity index (χ0n) is 10.4. The highest BCUT2D eigenvalue weighted by Gasteiger charge is 2.39. The number of benzene rings is 1. The molecule has 1 aromatic rings. The molecule has 18 heavy (non-hydrogen) atoms. The summed E-state index contributed by atoms with van der Waals surface area (Å²) < 4.78 is 5.84. The SMILES string of the molecule is N#Cc1ccc(OCC2CC3CCC2C3)c(N)c1. The average Bonchev–Trinajstić information content (AvgIpc) is 2.99. The van der Waals surface area contributed by atoms with E-state index in [-0.39, 0.29) is 0 Å². The van der Waals surface area contributed by atoms with Crippen molar-refractivity contribution in [3.63, 3.8) is 0 Å². The largest absolute Gasteiger partial charge is 0.491 e. The number of nitrogens with zero attached hydrogens (tertiary/aromatic N) is 1. The van der Waals surface area contributed by atoms with Crippen molar-refractivity contribution in [2.75, 3.05) is 12.3 Å². The molecule has 3 unspecified atom stereocenters. The van der Waals surface area contributed by atoms with Gasteiger partial charge in [-0.05, 0) is 55.2 Å². The van der Waals surface area contributed by atoms with E-state index < -0.39 is 0 Å². The lowest BCUT2D eigenvalue weighted by atomic mass is 9.89. The van der Waals surface area contributed by atoms with Gasteiger partial charge in [-0.3, -0.25) is 0 Å². The van der Waals surface area contributed by atoms with Gasteiger partial charge in [-0.15, -0.1) is 0 Å². The van der Waals surface area contributed by atoms with Gasteiger partial charge in [-0.1, -0.05) is 6.42 Å². The summed E-state index contributed by atoms with van der Waals surface area (Å²) in [5, 5.41) is 8.78. The summed E-state index contributed by atoms with van der Waals surface area (Å²) in [7, 11) is 0. The number of nitriles is 1. The predicted octanol–water partition coefficient (Wildman–Crippen LogP) is 2.96. The minimum atomic E-state index is 0.567. The lowest BCUT2D eigenvalue weighted by molar-refractivity contribution is 0.196. The first-order valence-corrected chi connectivity index (χ1v) is 6.68. The van der Waals surface area contributed by atoms with Crippen LogP contribution < -0.4 is 10.5 Å². The van der Waals surface area contributed by atoms with Crippen LogP contribution in [0, 0.1) is 29.1 Å². The topological polar surface area (TPSA) is 59.0 Å². The second-order valence-corrected chi connectivity index (χ2v) is 5.61. The molecule has 3 atom stereocenters. The van der Waals surface area contributed by atoms with E-state index in [1.54, 1.807) is 18.2 Å². The number of hydrogen-bond donors (Lipinski definition) is 1. The van der Waals surface area contributed by atoms with Gasteiger partial charge in [0, 0.05) is 0 Å². The molecule has 0 aromatic heterocycles. The highest BCUT2D eigenvalue weighted by molar-refractivity contribution is 5.56. The molecule has 0 aliphatic heterocycles. The summed E-state index contributed by atoms with van der Waals surface area (Å²) >= 11 is 0. The minimum Gasteiger partial charge on any atom is -0.491 e. The molecular formula is C15H18N2O. The third-order valence-corrected chi connectivity index (χ3v) is 4.48. The van der Waals surface area contributed by atoms with E-state index in [1.807, 2.05) is 0 Å². The number of fused-ring (bicyclic) bond motifs is 2. The smallest absolute Gasteiger partial charge is 0.142 e. The van der Waals surface area contributed by atoms with Crippen molar-refractivity contribution in [2.24, 2.45) is 17.8 Å². The van der Waals surface area contributed by atoms with Crippen molar-refractivity contribution < 1.29 is 4.74 Å². The lowest BCUT2D eigenvalue weighted by Gasteiger charge is -2.22. The maximum absolute atomic E-state index is 8.78. The van der Waals surface area contributed by atoms with Crippen LogP contribution >= 0.6 is 0 Å². The van der Waals surface area contributed by atoms with Crippen molar-refractivity contribution in [1.82, 2.24) is 0 Å². The summed E-state index contributed by atoms with van der Waals surface area (Å²) in [5.41, 5.74) is 7.03. The zero-order valence-corrected chi connectivity index (χ0v) is 10.4. The van der Waals surface area contributed by atoms with Crippen LogP contribution in [0.2, 0.25) is 0 Å². The van der Waals surface area contributed by atoms with Gasteiger partial charge in [0.2, 0.25) is 0 Å². The maximum Gasteiger partial charge on any atom is 0.142 e. The molecule has 2 bridgehead atoms. The Bertz CT molecular complexity index is 492. The minimum absolute atomic E-state index is 0.567. The lowest BCUT2D eigenvalue weighted by Crippen LogP contribution is -2.18. The van der Waals surface area contributed by atoms with Crippen LogP contribution in [-0.2, 0) is 0 Å². The van der Waals surface area contributed by atoms with E-state index >= 15 is 0 Å². The third kappa shape index (κ3) is 2.03. The fraction of sp³-hybridized carbons (Fsp3) is 0.533. The molecule has 2 aliphatic carbocycles. The fourth-order valence-corrected chi connectivity index (χ4v) is 3.53. The molecule has 2 saturated carbocycles. The summed E-state index contributed by atoms with van der Waals surface area (Å²) in [4.78, 5) is 0. The first kappa shape index (κ1) is 11.4. The molecule has 0 radical (unpaired) electrons. The summed E-state index contributed by atoms with van der Waals surface area (Å²) in [6, 6.07) is 7.32. The number of hydrogen-bond acceptors (Lipinski definition) is 3. The first-order valence-electron chi connectivity index (χ1n) is 6.68. The Balaban J connectivity index is 1.62. The molecule has 2 N–H and O–H groups in total. The number of nitrogen functional groups attached to an aromatic ring is 1. The molecular weight excluding hydrogens is 224 g/mol. The Labute approximate surface area is 108 Å². The van der Waals surface area contributed by atoms with Crippen LogP contribution in [0.25, 0.3) is 0 Å². The Morgan fingerprint density at radius 3 is 2.83 bits per heavy atom. The van der Waals surface area contributed by atoms with Gasteiger partial charge < -0.3 is 10.5 Å². The number of anilines is 1. The molecule has 2 aliphatic rings. The van der Waals surface area contributed by atoms with Crippen LogP contribution in [-0.4, -0.2) is 6.61 Å². The van der Waals surface area contributed by atoms with Crippen LogP contribution in [0.3, 0.4) is 0 Å². The first-order chi connectivity index (χ1) is 8.76. The second-order valence-electron chi connectivity index (χ2n) is 5.61. The Morgan fingerprint density at radius 1 is 1.33 bits per heavy atom. The van der Waals surface area contributed by atoms with E-state index in [2.05, 4.69) is 6.07 Å². The molecule has 0 saturated heterocycles. The summed E-state index contributed by atoms with van der Waals surface area (Å²) in [5.74, 6) is 3.24. The Morgan fingerprint density at radius 2 is 2.22 bits per heavy atom. The number of nitrogens with two attached hydrogens (primary N) is 1. The maximum atomic E-state index is 8.78. The fourth-order valence-electron chi connectivity index (χ4n) is 3.53. The van der Waals surface area contributed by atoms with Crippen molar-refractivity contribution in [1.29, 1.82) is 5.26 Å². The van der Waals surface area contributed by atoms with Gasteiger partial charge in [0.05, 0.1) is 23.9 Å². The molecule has 0 heterocycles. The number of ether oxygens (including phenoxy) is 1. The monoisotopic (exact) mass is 242 g/mol. The third-order valence-electron chi connectivity index (χ3n) is 4.48. The van der Waals surface area contributed by atoms with E-state index in [1.165, 1.54) is 25.7 Å². The van der Waals surface area contributed by atoms with E-state index in [9.17, 15) is 0 Å². The Hall–Kier alpha value is -1.69. The molecule has 0 spiro atoms. The van der Waals surface area contributed by atoms with E-state index in [4.69, 9.17) is 15.7 Å². The second kappa shape index (κ2) is 4.53. The van der Waals surface area contributed by atoms with Crippen LogP contribution in [0.4, 0.5) is 5.69 Å². The van der Waals surface area contributed by atoms with E-state index in [0.717, 1.165) is 24.2 Å². The average molecular weight is 242 g/mol. The normalized spacial score (nSPS) is 29.2. The molecule has 3 rings (SSSR count). The van der Waals surface area contributed by atoms with Crippen LogP contribution in [0.5, 0.6) is 5.75 Å². The molecule has 3 heteroatoms. The highest BCUT2D eigenvalue weighted by Crippen LogP contribution is 2.48. The molecule has 0 amide bonds. The van der Waals surface area contributed by atoms with Crippen molar-refractivity contribution in [3.8, 4) is 11.8 Å². The van der Waals surface area contributed by atoms with Gasteiger partial charge in [-0.2, -0.15) is 5.26 Å². The summed E-state index contributed by atoms with van der Waals surface area (Å²) in [6.07, 6.45) is 5.51. The molecule has 3 nitrogen and oxygen atoms in total.